The largest absolute Gasteiger partial charge is 0.397 e. The van der Waals surface area contributed by atoms with Crippen LogP contribution in [0.25, 0.3) is 10.2 Å². The molecule has 4 rings (SSSR count). The van der Waals surface area contributed by atoms with Gasteiger partial charge < -0.3 is 16.0 Å². The van der Waals surface area contributed by atoms with E-state index in [1.807, 2.05) is 0 Å². The first kappa shape index (κ1) is 17.6. The number of quaternary nitrogens is 1. The van der Waals surface area contributed by atoms with Crippen LogP contribution in [0.15, 0.2) is 30.3 Å². The summed E-state index contributed by atoms with van der Waals surface area (Å²) in [6.45, 7) is 3.50. The van der Waals surface area contributed by atoms with Crippen molar-refractivity contribution in [3.05, 3.63) is 52.0 Å². The van der Waals surface area contributed by atoms with Gasteiger partial charge in [0.15, 0.2) is 5.78 Å². The predicted octanol–water partition coefficient (Wildman–Crippen LogP) is 1.90. The summed E-state index contributed by atoms with van der Waals surface area (Å²) in [6, 6.07) is 8.91. The number of benzene rings is 1. The zero-order valence-corrected chi connectivity index (χ0v) is 16.1. The number of carbonyl (C=O) groups is 2. The first-order valence-corrected chi connectivity index (χ1v) is 9.68. The number of hydrogen-bond donors (Lipinski definition) is 3. The molecule has 2 aromatic heterocycles. The Morgan fingerprint density at radius 2 is 2.00 bits per heavy atom. The second kappa shape index (κ2) is 6.75. The van der Waals surface area contributed by atoms with E-state index in [-0.39, 0.29) is 11.7 Å². The van der Waals surface area contributed by atoms with Gasteiger partial charge in [0.2, 0.25) is 0 Å². The molecule has 0 spiro atoms. The molecular weight excluding hydrogens is 360 g/mol. The molecule has 1 atom stereocenters. The molecule has 4 N–H and O–H groups in total. The van der Waals surface area contributed by atoms with Crippen molar-refractivity contribution in [2.75, 3.05) is 24.6 Å². The number of nitrogen functional groups attached to an aromatic ring is 1. The standard InChI is InChI=1S/C20H20N4O2S/c1-11(25)12-3-5-14(6-4-12)22-19(26)18-17(21)15-9-13-10-24(2)8-7-16(13)23-20(15)27-18/h3-6,9H,7-8,10,21H2,1-2H3,(H,22,26)/p+1. The SMILES string of the molecule is CC(=O)c1ccc(NC(=O)c2sc3nc4c(cc3c2N)C[NH+](C)CC4)cc1. The average Bonchev–Trinajstić information content (AvgIpc) is 2.96. The summed E-state index contributed by atoms with van der Waals surface area (Å²) in [7, 11) is 2.17. The van der Waals surface area contributed by atoms with E-state index in [0.717, 1.165) is 35.4 Å². The molecule has 138 valence electrons. The summed E-state index contributed by atoms with van der Waals surface area (Å²) in [5.74, 6) is -0.268. The third-order valence-electron chi connectivity index (χ3n) is 4.93. The molecule has 1 aliphatic rings. The number of rotatable bonds is 3. The zero-order chi connectivity index (χ0) is 19.1. The van der Waals surface area contributed by atoms with Gasteiger partial charge in [-0.15, -0.1) is 11.3 Å². The molecule has 7 heteroatoms. The second-order valence-electron chi connectivity index (χ2n) is 7.01. The summed E-state index contributed by atoms with van der Waals surface area (Å²) < 4.78 is 0. The molecule has 0 saturated heterocycles. The molecule has 1 amide bonds. The van der Waals surface area contributed by atoms with Crippen LogP contribution < -0.4 is 16.0 Å². The minimum Gasteiger partial charge on any atom is -0.397 e. The van der Waals surface area contributed by atoms with E-state index >= 15 is 0 Å². The number of ketones is 1. The Bertz CT molecular complexity index is 1060. The number of amides is 1. The fraction of sp³-hybridized carbons (Fsp3) is 0.250. The number of Topliss-reactive ketones (excluding diaryl/α,β-unsaturated/α-hetero) is 1. The van der Waals surface area contributed by atoms with Gasteiger partial charge in [-0.2, -0.15) is 0 Å². The highest BCUT2D eigenvalue weighted by atomic mass is 32.1. The molecule has 0 aliphatic carbocycles. The third-order valence-corrected chi connectivity index (χ3v) is 6.04. The lowest BCUT2D eigenvalue weighted by Gasteiger charge is -2.21. The van der Waals surface area contributed by atoms with Crippen molar-refractivity contribution < 1.29 is 14.5 Å². The van der Waals surface area contributed by atoms with E-state index in [0.29, 0.717) is 21.8 Å². The molecule has 1 aromatic carbocycles. The summed E-state index contributed by atoms with van der Waals surface area (Å²) in [5.41, 5.74) is 10.3. The molecule has 0 bridgehead atoms. The van der Waals surface area contributed by atoms with Gasteiger partial charge in [0.1, 0.15) is 16.3 Å². The number of aromatic nitrogens is 1. The second-order valence-corrected chi connectivity index (χ2v) is 8.01. The van der Waals surface area contributed by atoms with Crippen LogP contribution in [0.2, 0.25) is 0 Å². The quantitative estimate of drug-likeness (QED) is 0.605. The molecular formula is C20H21N4O2S+. The zero-order valence-electron chi connectivity index (χ0n) is 15.3. The molecule has 0 saturated carbocycles. The molecule has 0 radical (unpaired) electrons. The minimum atomic E-state index is -0.258. The summed E-state index contributed by atoms with van der Waals surface area (Å²) >= 11 is 1.32. The Labute approximate surface area is 161 Å². The average molecular weight is 381 g/mol. The van der Waals surface area contributed by atoms with Crippen LogP contribution in [0.3, 0.4) is 0 Å². The maximum Gasteiger partial charge on any atom is 0.267 e. The van der Waals surface area contributed by atoms with E-state index in [1.54, 1.807) is 24.3 Å². The highest BCUT2D eigenvalue weighted by Crippen LogP contribution is 2.34. The summed E-state index contributed by atoms with van der Waals surface area (Å²) in [4.78, 5) is 31.6. The fourth-order valence-electron chi connectivity index (χ4n) is 3.38. The smallest absolute Gasteiger partial charge is 0.267 e. The number of thiophene rings is 1. The number of carbonyl (C=O) groups excluding carboxylic acids is 2. The first-order valence-electron chi connectivity index (χ1n) is 8.87. The number of hydrogen-bond acceptors (Lipinski definition) is 5. The van der Waals surface area contributed by atoms with Crippen molar-refractivity contribution in [3.8, 4) is 0 Å². The van der Waals surface area contributed by atoms with E-state index < -0.39 is 0 Å². The molecule has 1 unspecified atom stereocenters. The summed E-state index contributed by atoms with van der Waals surface area (Å²) in [6.07, 6.45) is 0.943. The number of anilines is 2. The van der Waals surface area contributed by atoms with Gasteiger partial charge in [0.25, 0.3) is 5.91 Å². The van der Waals surface area contributed by atoms with Crippen molar-refractivity contribution in [3.63, 3.8) is 0 Å². The lowest BCUT2D eigenvalue weighted by atomic mass is 10.0. The van der Waals surface area contributed by atoms with Crippen molar-refractivity contribution in [1.29, 1.82) is 0 Å². The van der Waals surface area contributed by atoms with Crippen LogP contribution in [0.5, 0.6) is 0 Å². The summed E-state index contributed by atoms with van der Waals surface area (Å²) in [5, 5.41) is 3.70. The van der Waals surface area contributed by atoms with Gasteiger partial charge in [-0.05, 0) is 37.3 Å². The highest BCUT2D eigenvalue weighted by molar-refractivity contribution is 7.21. The van der Waals surface area contributed by atoms with Crippen LogP contribution >= 0.6 is 11.3 Å². The van der Waals surface area contributed by atoms with E-state index in [9.17, 15) is 9.59 Å². The maximum absolute atomic E-state index is 12.7. The van der Waals surface area contributed by atoms with E-state index in [4.69, 9.17) is 10.7 Å². The number of pyridine rings is 1. The van der Waals surface area contributed by atoms with Gasteiger partial charge >= 0.3 is 0 Å². The van der Waals surface area contributed by atoms with Gasteiger partial charge in [-0.1, -0.05) is 0 Å². The third kappa shape index (κ3) is 3.31. The molecule has 6 nitrogen and oxygen atoms in total. The van der Waals surface area contributed by atoms with Crippen LogP contribution in [-0.4, -0.2) is 30.3 Å². The number of nitrogens with two attached hydrogens (primary N) is 1. The Balaban J connectivity index is 1.63. The van der Waals surface area contributed by atoms with Crippen molar-refractivity contribution in [1.82, 2.24) is 4.98 Å². The monoisotopic (exact) mass is 381 g/mol. The van der Waals surface area contributed by atoms with Crippen molar-refractivity contribution >= 4 is 44.6 Å². The number of nitrogens with one attached hydrogen (secondary N) is 2. The Morgan fingerprint density at radius 3 is 2.70 bits per heavy atom. The van der Waals surface area contributed by atoms with Crippen molar-refractivity contribution in [2.24, 2.45) is 0 Å². The van der Waals surface area contributed by atoms with Crippen molar-refractivity contribution in [2.45, 2.75) is 19.9 Å². The molecule has 3 aromatic rings. The lowest BCUT2D eigenvalue weighted by molar-refractivity contribution is -0.895. The Morgan fingerprint density at radius 1 is 1.26 bits per heavy atom. The lowest BCUT2D eigenvalue weighted by Crippen LogP contribution is -3.08. The number of likely N-dealkylation sites (N-methyl/N-ethyl adjacent to an activating group) is 1. The minimum absolute atomic E-state index is 0.0100. The normalized spacial score (nSPS) is 16.1. The molecule has 0 fully saturated rings. The molecule has 27 heavy (non-hydrogen) atoms. The topological polar surface area (TPSA) is 89.5 Å². The van der Waals surface area contributed by atoms with E-state index in [1.165, 1.54) is 28.7 Å². The Kier molecular flexibility index (Phi) is 4.41. The van der Waals surface area contributed by atoms with Gasteiger partial charge in [-0.3, -0.25) is 9.59 Å². The van der Waals surface area contributed by atoms with Gasteiger partial charge in [-0.25, -0.2) is 4.98 Å². The van der Waals surface area contributed by atoms with E-state index in [2.05, 4.69) is 18.4 Å². The predicted molar refractivity (Wildman–Crippen MR) is 108 cm³/mol. The fourth-order valence-corrected chi connectivity index (χ4v) is 4.37. The highest BCUT2D eigenvalue weighted by Gasteiger charge is 2.23. The number of fused-ring (bicyclic) bond motifs is 2. The Hall–Kier alpha value is -2.77. The van der Waals surface area contributed by atoms with Crippen LogP contribution in [0.4, 0.5) is 11.4 Å². The van der Waals surface area contributed by atoms with Crippen LogP contribution in [-0.2, 0) is 13.0 Å². The number of nitrogens with zero attached hydrogens (tertiary/aromatic N) is 1. The van der Waals surface area contributed by atoms with Gasteiger partial charge in [0, 0.05) is 28.6 Å². The maximum atomic E-state index is 12.7. The van der Waals surface area contributed by atoms with Crippen LogP contribution in [0, 0.1) is 0 Å². The van der Waals surface area contributed by atoms with Crippen LogP contribution in [0.1, 0.15) is 38.2 Å². The molecule has 3 heterocycles. The first-order chi connectivity index (χ1) is 12.9. The van der Waals surface area contributed by atoms with Gasteiger partial charge in [0.05, 0.1) is 25.0 Å². The molecule has 1 aliphatic heterocycles.